The maximum atomic E-state index is 6.41. The predicted molar refractivity (Wildman–Crippen MR) is 240 cm³/mol. The largest absolute Gasteiger partial charge is 0.456 e. The van der Waals surface area contributed by atoms with Crippen molar-refractivity contribution < 1.29 is 4.42 Å². The van der Waals surface area contributed by atoms with Crippen molar-refractivity contribution in [2.75, 3.05) is 4.90 Å². The van der Waals surface area contributed by atoms with Crippen molar-refractivity contribution in [3.8, 4) is 44.5 Å². The summed E-state index contributed by atoms with van der Waals surface area (Å²) < 4.78 is 6.41. The second kappa shape index (κ2) is 13.0. The average Bonchev–Trinajstić information content (AvgIpc) is 3.77. The molecule has 1 aliphatic carbocycles. The second-order valence-corrected chi connectivity index (χ2v) is 15.7. The molecule has 2 nitrogen and oxygen atoms in total. The fourth-order valence-corrected chi connectivity index (χ4v) is 9.39. The summed E-state index contributed by atoms with van der Waals surface area (Å²) in [6, 6.07) is 72.5. The van der Waals surface area contributed by atoms with Crippen molar-refractivity contribution in [1.29, 1.82) is 0 Å². The molecule has 10 aromatic rings. The highest BCUT2D eigenvalue weighted by molar-refractivity contribution is 6.13. The van der Waals surface area contributed by atoms with Gasteiger partial charge in [0.15, 0.2) is 0 Å². The maximum absolute atomic E-state index is 6.41. The Kier molecular flexibility index (Phi) is 7.55. The Bertz CT molecular complexity index is 3140. The number of hydrogen-bond acceptors (Lipinski definition) is 2. The lowest BCUT2D eigenvalue weighted by atomic mass is 9.79. The Morgan fingerprint density at radius 2 is 0.982 bits per heavy atom. The molecule has 0 saturated carbocycles. The molecule has 0 atom stereocenters. The monoisotopic (exact) mass is 729 g/mol. The number of para-hydroxylation sites is 1. The molecule has 0 N–H and O–H groups in total. The van der Waals surface area contributed by atoms with Crippen molar-refractivity contribution >= 4 is 49.8 Å². The molecular weight excluding hydrogens is 691 g/mol. The topological polar surface area (TPSA) is 16.4 Å². The highest BCUT2D eigenvalue weighted by Gasteiger charge is 2.37. The number of benzene rings is 9. The fourth-order valence-electron chi connectivity index (χ4n) is 9.39. The van der Waals surface area contributed by atoms with Gasteiger partial charge in [0.05, 0.1) is 11.1 Å². The summed E-state index contributed by atoms with van der Waals surface area (Å²) in [5.41, 5.74) is 17.7. The van der Waals surface area contributed by atoms with Crippen LogP contribution in [0.25, 0.3) is 77.2 Å². The Labute approximate surface area is 332 Å². The fraction of sp³-hybridized carbons (Fsp3) is 0.0545. The van der Waals surface area contributed by atoms with Crippen LogP contribution in [0, 0.1) is 0 Å². The number of furan rings is 1. The third-order valence-corrected chi connectivity index (χ3v) is 12.1. The highest BCUT2D eigenvalue weighted by atomic mass is 16.3. The molecule has 0 amide bonds. The van der Waals surface area contributed by atoms with Gasteiger partial charge in [0, 0.05) is 22.2 Å². The molecule has 0 aliphatic heterocycles. The number of anilines is 3. The number of nitrogens with zero attached hydrogens (tertiary/aromatic N) is 1. The van der Waals surface area contributed by atoms with E-state index in [2.05, 4.69) is 213 Å². The van der Waals surface area contributed by atoms with Crippen molar-refractivity contribution in [2.24, 2.45) is 0 Å². The van der Waals surface area contributed by atoms with E-state index in [1.807, 2.05) is 6.07 Å². The Morgan fingerprint density at radius 1 is 0.404 bits per heavy atom. The van der Waals surface area contributed by atoms with Crippen LogP contribution >= 0.6 is 0 Å². The van der Waals surface area contributed by atoms with E-state index >= 15 is 0 Å². The van der Waals surface area contributed by atoms with E-state index < -0.39 is 0 Å². The van der Waals surface area contributed by atoms with Crippen molar-refractivity contribution in [1.82, 2.24) is 0 Å². The molecule has 11 rings (SSSR count). The van der Waals surface area contributed by atoms with Crippen LogP contribution in [-0.2, 0) is 5.41 Å². The van der Waals surface area contributed by atoms with Crippen LogP contribution in [-0.4, -0.2) is 0 Å². The minimum atomic E-state index is -0.0959. The first-order valence-electron chi connectivity index (χ1n) is 19.8. The molecule has 0 bridgehead atoms. The zero-order valence-corrected chi connectivity index (χ0v) is 31.9. The van der Waals surface area contributed by atoms with E-state index in [0.717, 1.165) is 39.0 Å². The molecule has 2 heteroatoms. The smallest absolute Gasteiger partial charge is 0.137 e. The lowest BCUT2D eigenvalue weighted by Gasteiger charge is -2.27. The summed E-state index contributed by atoms with van der Waals surface area (Å²) in [4.78, 5) is 2.37. The molecule has 0 saturated heterocycles. The first-order chi connectivity index (χ1) is 28.0. The Hall–Kier alpha value is -7.16. The van der Waals surface area contributed by atoms with Gasteiger partial charge in [-0.25, -0.2) is 0 Å². The van der Waals surface area contributed by atoms with Gasteiger partial charge in [-0.3, -0.25) is 0 Å². The van der Waals surface area contributed by atoms with Crippen LogP contribution in [0.15, 0.2) is 205 Å². The molecule has 0 spiro atoms. The van der Waals surface area contributed by atoms with Crippen LogP contribution in [0.1, 0.15) is 25.0 Å². The van der Waals surface area contributed by atoms with Crippen LogP contribution in [0.3, 0.4) is 0 Å². The molecule has 1 aliphatic rings. The molecular formula is C55H39NO. The van der Waals surface area contributed by atoms with Gasteiger partial charge in [0.25, 0.3) is 0 Å². The summed E-state index contributed by atoms with van der Waals surface area (Å²) >= 11 is 0. The summed E-state index contributed by atoms with van der Waals surface area (Å²) in [6.45, 7) is 4.72. The maximum Gasteiger partial charge on any atom is 0.137 e. The first-order valence-corrected chi connectivity index (χ1v) is 19.8. The summed E-state index contributed by atoms with van der Waals surface area (Å²) in [7, 11) is 0. The van der Waals surface area contributed by atoms with Crippen LogP contribution < -0.4 is 4.90 Å². The van der Waals surface area contributed by atoms with E-state index in [1.165, 1.54) is 66.4 Å². The molecule has 1 aromatic heterocycles. The van der Waals surface area contributed by atoms with E-state index in [4.69, 9.17) is 4.42 Å². The van der Waals surface area contributed by atoms with Crippen molar-refractivity contribution in [3.63, 3.8) is 0 Å². The molecule has 57 heavy (non-hydrogen) atoms. The molecule has 1 heterocycles. The van der Waals surface area contributed by atoms with Gasteiger partial charge in [0.2, 0.25) is 0 Å². The van der Waals surface area contributed by atoms with Gasteiger partial charge in [-0.05, 0) is 115 Å². The average molecular weight is 730 g/mol. The minimum Gasteiger partial charge on any atom is -0.456 e. The van der Waals surface area contributed by atoms with E-state index in [0.29, 0.717) is 0 Å². The first kappa shape index (κ1) is 33.2. The summed E-state index contributed by atoms with van der Waals surface area (Å²) in [5, 5.41) is 4.72. The molecule has 9 aromatic carbocycles. The van der Waals surface area contributed by atoms with E-state index in [-0.39, 0.29) is 5.41 Å². The van der Waals surface area contributed by atoms with Crippen LogP contribution in [0.2, 0.25) is 0 Å². The molecule has 270 valence electrons. The Morgan fingerprint density at radius 3 is 1.82 bits per heavy atom. The lowest BCUT2D eigenvalue weighted by molar-refractivity contribution is 0.662. The molecule has 0 unspecified atom stereocenters. The normalized spacial score (nSPS) is 12.9. The number of fused-ring (bicyclic) bond motifs is 7. The SMILES string of the molecule is CC1(C)c2ccccc2-c2cccc(-c3ccc(N(c4ccc(-c5cccc(-c6cccc7ccccc67)c5)cc4)c4cccc5oc6ccccc6c45)cc3)c21. The van der Waals surface area contributed by atoms with Gasteiger partial charge in [-0.15, -0.1) is 0 Å². The quantitative estimate of drug-likeness (QED) is 0.169. The third kappa shape index (κ3) is 5.33. The Balaban J connectivity index is 1.02. The minimum absolute atomic E-state index is 0.0959. The van der Waals surface area contributed by atoms with E-state index in [1.54, 1.807) is 0 Å². The summed E-state index contributed by atoms with van der Waals surface area (Å²) in [5.74, 6) is 0. The van der Waals surface area contributed by atoms with Gasteiger partial charge < -0.3 is 9.32 Å². The van der Waals surface area contributed by atoms with Gasteiger partial charge in [-0.2, -0.15) is 0 Å². The number of hydrogen-bond donors (Lipinski definition) is 0. The predicted octanol–water partition coefficient (Wildman–Crippen LogP) is 15.5. The highest BCUT2D eigenvalue weighted by Crippen LogP contribution is 2.52. The zero-order valence-electron chi connectivity index (χ0n) is 31.9. The molecule has 0 radical (unpaired) electrons. The van der Waals surface area contributed by atoms with Gasteiger partial charge >= 0.3 is 0 Å². The van der Waals surface area contributed by atoms with Crippen LogP contribution in [0.4, 0.5) is 17.1 Å². The van der Waals surface area contributed by atoms with Crippen molar-refractivity contribution in [2.45, 2.75) is 19.3 Å². The van der Waals surface area contributed by atoms with Gasteiger partial charge in [0.1, 0.15) is 11.2 Å². The van der Waals surface area contributed by atoms with Gasteiger partial charge in [-0.1, -0.05) is 166 Å². The summed E-state index contributed by atoms with van der Waals surface area (Å²) in [6.07, 6.45) is 0. The standard InChI is InChI=1S/C55H39NO/c1-55(2)49-23-7-5-18-46(49)47-22-11-21-45(54(47)55)38-29-33-42(34-30-38)56(50-24-12-26-52-53(50)48-19-6-8-25-51(48)57-52)41-31-27-36(28-32-41)39-15-9-16-40(35-39)44-20-10-14-37-13-3-4-17-43(37)44/h3-35H,1-2H3. The molecule has 0 fully saturated rings. The number of rotatable bonds is 6. The third-order valence-electron chi connectivity index (χ3n) is 12.1. The van der Waals surface area contributed by atoms with Crippen molar-refractivity contribution in [3.05, 3.63) is 211 Å². The van der Waals surface area contributed by atoms with E-state index in [9.17, 15) is 0 Å². The lowest BCUT2D eigenvalue weighted by Crippen LogP contribution is -2.16. The van der Waals surface area contributed by atoms with Crippen LogP contribution in [0.5, 0.6) is 0 Å². The second-order valence-electron chi connectivity index (χ2n) is 15.7. The zero-order chi connectivity index (χ0) is 38.1.